The molecule has 0 aliphatic carbocycles. The van der Waals surface area contributed by atoms with Crippen molar-refractivity contribution in [3.8, 4) is 10.4 Å². The number of rotatable bonds is 2. The van der Waals surface area contributed by atoms with Gasteiger partial charge in [0.2, 0.25) is 0 Å². The number of carbonyl (C=O) groups is 2. The van der Waals surface area contributed by atoms with E-state index in [2.05, 4.69) is 33.8 Å². The summed E-state index contributed by atoms with van der Waals surface area (Å²) in [7, 11) is 0. The van der Waals surface area contributed by atoms with Crippen LogP contribution < -0.4 is 10.6 Å². The van der Waals surface area contributed by atoms with Crippen LogP contribution in [0.5, 0.6) is 0 Å². The molecule has 8 heteroatoms. The molecule has 5 rings (SSSR count). The molecule has 2 aromatic carbocycles. The van der Waals surface area contributed by atoms with Gasteiger partial charge in [-0.25, -0.2) is 9.59 Å². The minimum atomic E-state index is -0.552. The molecule has 1 saturated heterocycles. The molecule has 4 amide bonds. The Morgan fingerprint density at radius 2 is 1.93 bits per heavy atom. The van der Waals surface area contributed by atoms with E-state index in [1.54, 1.807) is 16.2 Å². The number of imide groups is 1. The summed E-state index contributed by atoms with van der Waals surface area (Å²) >= 11 is 1.72. The van der Waals surface area contributed by atoms with Crippen LogP contribution in [0.3, 0.4) is 0 Å². The fourth-order valence-electron chi connectivity index (χ4n) is 3.73. The zero-order chi connectivity index (χ0) is 20.5. The first-order chi connectivity index (χ1) is 14.7. The molecule has 7 nitrogen and oxygen atoms in total. The average molecular weight is 420 g/mol. The number of fused-ring (bicyclic) bond motifs is 2. The van der Waals surface area contributed by atoms with Gasteiger partial charge in [0.1, 0.15) is 0 Å². The van der Waals surface area contributed by atoms with Gasteiger partial charge in [0.05, 0.1) is 19.8 Å². The summed E-state index contributed by atoms with van der Waals surface area (Å²) in [5.41, 5.74) is 3.82. The van der Waals surface area contributed by atoms with Crippen molar-refractivity contribution in [2.24, 2.45) is 4.99 Å². The van der Waals surface area contributed by atoms with Gasteiger partial charge >= 0.3 is 12.1 Å². The second-order valence-corrected chi connectivity index (χ2v) is 8.28. The SMILES string of the molecule is O=C(NC(=O)N1CCOCC1)Nc1cc2c(c(-c3cc4ccccc4s3)c1)CN=C2. The van der Waals surface area contributed by atoms with Crippen LogP contribution in [0.2, 0.25) is 0 Å². The molecular formula is C22H20N4O3S. The van der Waals surface area contributed by atoms with Crippen molar-refractivity contribution in [1.82, 2.24) is 10.2 Å². The zero-order valence-electron chi connectivity index (χ0n) is 16.2. The third-order valence-corrected chi connectivity index (χ3v) is 6.38. The highest BCUT2D eigenvalue weighted by Gasteiger charge is 2.20. The maximum Gasteiger partial charge on any atom is 0.327 e. The smallest absolute Gasteiger partial charge is 0.327 e. The second kappa shape index (κ2) is 7.89. The Bertz CT molecular complexity index is 1130. The number of carbonyl (C=O) groups excluding carboxylic acids is 2. The Morgan fingerprint density at radius 1 is 1.10 bits per heavy atom. The molecule has 2 aliphatic heterocycles. The molecule has 1 fully saturated rings. The number of urea groups is 2. The van der Waals surface area contributed by atoms with Crippen molar-refractivity contribution in [1.29, 1.82) is 0 Å². The molecule has 0 atom stereocenters. The number of ether oxygens (including phenoxy) is 1. The van der Waals surface area contributed by atoms with Gasteiger partial charge in [-0.3, -0.25) is 10.3 Å². The molecule has 1 aromatic heterocycles. The fourth-order valence-corrected chi connectivity index (χ4v) is 4.84. The fraction of sp³-hybridized carbons (Fsp3) is 0.227. The van der Waals surface area contributed by atoms with Crippen LogP contribution in [0.1, 0.15) is 11.1 Å². The predicted octanol–water partition coefficient (Wildman–Crippen LogP) is 4.07. The highest BCUT2D eigenvalue weighted by molar-refractivity contribution is 7.22. The molecule has 2 aliphatic rings. The first kappa shape index (κ1) is 18.8. The van der Waals surface area contributed by atoms with E-state index in [9.17, 15) is 9.59 Å². The molecule has 3 aromatic rings. The molecule has 3 heterocycles. The van der Waals surface area contributed by atoms with E-state index in [-0.39, 0.29) is 0 Å². The van der Waals surface area contributed by atoms with Crippen molar-refractivity contribution >= 4 is 45.4 Å². The van der Waals surface area contributed by atoms with Crippen molar-refractivity contribution in [3.63, 3.8) is 0 Å². The first-order valence-electron chi connectivity index (χ1n) is 9.78. The lowest BCUT2D eigenvalue weighted by molar-refractivity contribution is 0.0539. The Hall–Kier alpha value is -3.23. The number of hydrogen-bond acceptors (Lipinski definition) is 5. The predicted molar refractivity (Wildman–Crippen MR) is 119 cm³/mol. The summed E-state index contributed by atoms with van der Waals surface area (Å²) in [5.74, 6) is 0. The topological polar surface area (TPSA) is 83.0 Å². The minimum Gasteiger partial charge on any atom is -0.378 e. The van der Waals surface area contributed by atoms with Crippen LogP contribution in [0.4, 0.5) is 15.3 Å². The third-order valence-electron chi connectivity index (χ3n) is 5.23. The zero-order valence-corrected chi connectivity index (χ0v) is 17.0. The number of aliphatic imine (C=N–C) groups is 1. The summed E-state index contributed by atoms with van der Waals surface area (Å²) in [6.07, 6.45) is 1.83. The Labute approximate surface area is 177 Å². The van der Waals surface area contributed by atoms with Gasteiger partial charge in [-0.2, -0.15) is 0 Å². The van der Waals surface area contributed by atoms with Crippen LogP contribution in [-0.2, 0) is 11.3 Å². The van der Waals surface area contributed by atoms with Gasteiger partial charge < -0.3 is 15.0 Å². The lowest BCUT2D eigenvalue weighted by Gasteiger charge is -2.26. The molecular weight excluding hydrogens is 400 g/mol. The Morgan fingerprint density at radius 3 is 2.77 bits per heavy atom. The van der Waals surface area contributed by atoms with E-state index in [0.29, 0.717) is 38.5 Å². The van der Waals surface area contributed by atoms with Gasteiger partial charge in [-0.1, -0.05) is 18.2 Å². The third kappa shape index (κ3) is 3.67. The van der Waals surface area contributed by atoms with E-state index in [1.807, 2.05) is 30.5 Å². The van der Waals surface area contributed by atoms with Crippen molar-refractivity contribution in [2.75, 3.05) is 31.6 Å². The van der Waals surface area contributed by atoms with Crippen LogP contribution in [0.25, 0.3) is 20.5 Å². The van der Waals surface area contributed by atoms with E-state index in [1.165, 1.54) is 10.1 Å². The standard InChI is InChI=1S/C22H20N4O3S/c27-21(25-22(28)26-5-7-29-8-6-26)24-16-9-15-12-23-13-18(15)17(11-16)20-10-14-3-1-2-4-19(14)30-20/h1-4,9-12H,5-8,13H2,(H2,24,25,27,28). The average Bonchev–Trinajstić information content (AvgIpc) is 3.40. The maximum atomic E-state index is 12.4. The van der Waals surface area contributed by atoms with Gasteiger partial charge in [0, 0.05) is 40.1 Å². The number of hydrogen-bond donors (Lipinski definition) is 2. The number of amides is 4. The van der Waals surface area contributed by atoms with E-state index < -0.39 is 12.1 Å². The normalized spacial score (nSPS) is 15.3. The number of anilines is 1. The highest BCUT2D eigenvalue weighted by Crippen LogP contribution is 2.39. The molecule has 30 heavy (non-hydrogen) atoms. The molecule has 2 N–H and O–H groups in total. The Balaban J connectivity index is 1.39. The number of nitrogens with one attached hydrogen (secondary N) is 2. The monoisotopic (exact) mass is 420 g/mol. The van der Waals surface area contributed by atoms with Crippen molar-refractivity contribution in [2.45, 2.75) is 6.54 Å². The number of benzene rings is 2. The molecule has 0 spiro atoms. The quantitative estimate of drug-likeness (QED) is 0.655. The molecule has 0 saturated carbocycles. The van der Waals surface area contributed by atoms with E-state index in [0.717, 1.165) is 21.6 Å². The van der Waals surface area contributed by atoms with E-state index in [4.69, 9.17) is 4.74 Å². The lowest BCUT2D eigenvalue weighted by atomic mass is 10.0. The van der Waals surface area contributed by atoms with Gasteiger partial charge in [-0.05, 0) is 40.8 Å². The molecule has 0 bridgehead atoms. The van der Waals surface area contributed by atoms with Crippen LogP contribution in [0.15, 0.2) is 47.5 Å². The number of morpholine rings is 1. The molecule has 0 radical (unpaired) electrons. The first-order valence-corrected chi connectivity index (χ1v) is 10.6. The lowest BCUT2D eigenvalue weighted by Crippen LogP contribution is -2.48. The maximum absolute atomic E-state index is 12.4. The summed E-state index contributed by atoms with van der Waals surface area (Å²) < 4.78 is 6.45. The van der Waals surface area contributed by atoms with Crippen LogP contribution in [-0.4, -0.2) is 49.5 Å². The summed E-state index contributed by atoms with van der Waals surface area (Å²) in [5, 5.41) is 6.39. The highest BCUT2D eigenvalue weighted by atomic mass is 32.1. The molecule has 152 valence electrons. The number of thiophene rings is 1. The minimum absolute atomic E-state index is 0.414. The van der Waals surface area contributed by atoms with Crippen molar-refractivity contribution in [3.05, 3.63) is 53.6 Å². The van der Waals surface area contributed by atoms with Gasteiger partial charge in [0.15, 0.2) is 0 Å². The summed E-state index contributed by atoms with van der Waals surface area (Å²) in [4.78, 5) is 31.8. The van der Waals surface area contributed by atoms with Gasteiger partial charge in [-0.15, -0.1) is 11.3 Å². The Kier molecular flexibility index (Phi) is 4.94. The summed E-state index contributed by atoms with van der Waals surface area (Å²) in [6.45, 7) is 2.55. The van der Waals surface area contributed by atoms with Gasteiger partial charge in [0.25, 0.3) is 0 Å². The van der Waals surface area contributed by atoms with Crippen molar-refractivity contribution < 1.29 is 14.3 Å². The van der Waals surface area contributed by atoms with E-state index >= 15 is 0 Å². The second-order valence-electron chi connectivity index (χ2n) is 7.19. The number of nitrogens with zero attached hydrogens (tertiary/aromatic N) is 2. The molecule has 0 unspecified atom stereocenters. The largest absolute Gasteiger partial charge is 0.378 e. The summed E-state index contributed by atoms with van der Waals surface area (Å²) in [6, 6.07) is 13.3. The van der Waals surface area contributed by atoms with Crippen LogP contribution >= 0.6 is 11.3 Å². The van der Waals surface area contributed by atoms with Crippen LogP contribution in [0, 0.1) is 0 Å².